The van der Waals surface area contributed by atoms with Crippen molar-refractivity contribution in [3.8, 4) is 0 Å². The zero-order chi connectivity index (χ0) is 7.78. The van der Waals surface area contributed by atoms with Crippen molar-refractivity contribution < 1.29 is 24.6 Å². The van der Waals surface area contributed by atoms with Crippen LogP contribution in [0.1, 0.15) is 6.42 Å². The average molecular weight is 147 g/mol. The van der Waals surface area contributed by atoms with Crippen LogP contribution in [-0.2, 0) is 14.4 Å². The minimum atomic E-state index is -1.66. The first-order valence-electron chi connectivity index (χ1n) is 2.47. The molecule has 0 saturated carbocycles. The predicted molar refractivity (Wildman–Crippen MR) is 26.8 cm³/mol. The third-order valence-corrected chi connectivity index (χ3v) is 1.09. The van der Waals surface area contributed by atoms with Crippen LogP contribution in [0.4, 0.5) is 0 Å². The van der Waals surface area contributed by atoms with Gasteiger partial charge in [-0.15, -0.1) is 0 Å². The van der Waals surface area contributed by atoms with Crippen LogP contribution in [0.15, 0.2) is 0 Å². The molecule has 56 valence electrons. The van der Waals surface area contributed by atoms with Gasteiger partial charge in [-0.1, -0.05) is 0 Å². The molecule has 0 aromatic heterocycles. The van der Waals surface area contributed by atoms with Gasteiger partial charge in [-0.3, -0.25) is 9.63 Å². The van der Waals surface area contributed by atoms with E-state index >= 15 is 0 Å². The minimum Gasteiger partial charge on any atom is -0.481 e. The summed E-state index contributed by atoms with van der Waals surface area (Å²) in [5, 5.41) is 16.5. The number of hydrogen-bond acceptors (Lipinski definition) is 4. The molecule has 1 atom stereocenters. The molecule has 1 aliphatic heterocycles. The Bertz CT molecular complexity index is 184. The highest BCUT2D eigenvalue weighted by Gasteiger charge is 2.55. The van der Waals surface area contributed by atoms with E-state index in [9.17, 15) is 9.59 Å². The van der Waals surface area contributed by atoms with E-state index in [1.807, 2.05) is 5.48 Å². The summed E-state index contributed by atoms with van der Waals surface area (Å²) in [5.74, 6) is -2.53. The SMILES string of the molecule is O=C(O)C[C@@]1(C(=O)O)NO1. The lowest BCUT2D eigenvalue weighted by Crippen LogP contribution is -2.30. The molecule has 0 unspecified atom stereocenters. The third kappa shape index (κ3) is 1.07. The van der Waals surface area contributed by atoms with Gasteiger partial charge in [0, 0.05) is 0 Å². The number of hydroxylamine groups is 1. The van der Waals surface area contributed by atoms with E-state index in [2.05, 4.69) is 4.84 Å². The molecule has 0 radical (unpaired) electrons. The molecule has 3 N–H and O–H groups in total. The lowest BCUT2D eigenvalue weighted by atomic mass is 10.2. The van der Waals surface area contributed by atoms with Gasteiger partial charge in [0.15, 0.2) is 0 Å². The van der Waals surface area contributed by atoms with E-state index in [0.717, 1.165) is 0 Å². The Hall–Kier alpha value is -1.14. The molecule has 1 rings (SSSR count). The van der Waals surface area contributed by atoms with Gasteiger partial charge in [-0.2, -0.15) is 5.48 Å². The molecule has 0 bridgehead atoms. The smallest absolute Gasteiger partial charge is 0.356 e. The summed E-state index contributed by atoms with van der Waals surface area (Å²) >= 11 is 0. The first-order valence-corrected chi connectivity index (χ1v) is 2.47. The largest absolute Gasteiger partial charge is 0.481 e. The number of carbonyl (C=O) groups is 2. The van der Waals surface area contributed by atoms with Crippen LogP contribution < -0.4 is 5.48 Å². The Morgan fingerprint density at radius 3 is 2.10 bits per heavy atom. The van der Waals surface area contributed by atoms with Crippen LogP contribution in [0.25, 0.3) is 0 Å². The number of aliphatic carboxylic acids is 2. The number of nitrogens with one attached hydrogen (secondary N) is 1. The Morgan fingerprint density at radius 1 is 1.50 bits per heavy atom. The van der Waals surface area contributed by atoms with Gasteiger partial charge >= 0.3 is 11.9 Å². The summed E-state index contributed by atoms with van der Waals surface area (Å²) in [6.45, 7) is 0. The van der Waals surface area contributed by atoms with E-state index in [1.54, 1.807) is 0 Å². The third-order valence-electron chi connectivity index (χ3n) is 1.09. The summed E-state index contributed by atoms with van der Waals surface area (Å²) in [6.07, 6.45) is -0.567. The van der Waals surface area contributed by atoms with Gasteiger partial charge in [0.25, 0.3) is 5.72 Å². The quantitative estimate of drug-likeness (QED) is 0.431. The molecule has 1 fully saturated rings. The van der Waals surface area contributed by atoms with Crippen molar-refractivity contribution in [2.45, 2.75) is 12.1 Å². The van der Waals surface area contributed by atoms with E-state index in [0.29, 0.717) is 0 Å². The highest BCUT2D eigenvalue weighted by Crippen LogP contribution is 2.23. The van der Waals surface area contributed by atoms with Gasteiger partial charge in [0.1, 0.15) is 6.42 Å². The normalized spacial score (nSPS) is 29.6. The van der Waals surface area contributed by atoms with Crippen molar-refractivity contribution in [2.75, 3.05) is 0 Å². The summed E-state index contributed by atoms with van der Waals surface area (Å²) in [6, 6.07) is 0. The van der Waals surface area contributed by atoms with Crippen molar-refractivity contribution in [2.24, 2.45) is 0 Å². The molecular weight excluding hydrogens is 142 g/mol. The van der Waals surface area contributed by atoms with Gasteiger partial charge in [0.05, 0.1) is 0 Å². The van der Waals surface area contributed by atoms with Crippen molar-refractivity contribution in [1.29, 1.82) is 0 Å². The van der Waals surface area contributed by atoms with Crippen LogP contribution in [0.2, 0.25) is 0 Å². The van der Waals surface area contributed by atoms with Crippen LogP contribution in [0, 0.1) is 0 Å². The monoisotopic (exact) mass is 147 g/mol. The van der Waals surface area contributed by atoms with Crippen LogP contribution >= 0.6 is 0 Å². The number of carboxylic acids is 2. The van der Waals surface area contributed by atoms with Gasteiger partial charge < -0.3 is 10.2 Å². The molecule has 6 nitrogen and oxygen atoms in total. The molecule has 1 saturated heterocycles. The van der Waals surface area contributed by atoms with Gasteiger partial charge in [-0.05, 0) is 0 Å². The van der Waals surface area contributed by atoms with E-state index in [-0.39, 0.29) is 0 Å². The Labute approximate surface area is 55.4 Å². The zero-order valence-electron chi connectivity index (χ0n) is 4.83. The molecule has 10 heavy (non-hydrogen) atoms. The molecule has 0 amide bonds. The van der Waals surface area contributed by atoms with Crippen LogP contribution in [-0.4, -0.2) is 27.9 Å². The number of carboxylic acid groups (broad SMARTS) is 2. The van der Waals surface area contributed by atoms with Crippen LogP contribution in [0.3, 0.4) is 0 Å². The van der Waals surface area contributed by atoms with Crippen LogP contribution in [0.5, 0.6) is 0 Å². The van der Waals surface area contributed by atoms with E-state index in [1.165, 1.54) is 0 Å². The highest BCUT2D eigenvalue weighted by molar-refractivity contribution is 5.84. The maximum absolute atomic E-state index is 10.2. The summed E-state index contributed by atoms with van der Waals surface area (Å²) in [4.78, 5) is 24.4. The second kappa shape index (κ2) is 1.93. The predicted octanol–water partition coefficient (Wildman–Crippen LogP) is -1.22. The second-order valence-corrected chi connectivity index (χ2v) is 1.91. The highest BCUT2D eigenvalue weighted by atomic mass is 16.8. The molecule has 0 aliphatic carbocycles. The Kier molecular flexibility index (Phi) is 1.34. The lowest BCUT2D eigenvalue weighted by molar-refractivity contribution is -0.149. The molecule has 0 spiro atoms. The zero-order valence-corrected chi connectivity index (χ0v) is 4.83. The fraction of sp³-hybridized carbons (Fsp3) is 0.500. The van der Waals surface area contributed by atoms with E-state index in [4.69, 9.17) is 10.2 Å². The van der Waals surface area contributed by atoms with Crippen molar-refractivity contribution in [1.82, 2.24) is 5.48 Å². The first-order chi connectivity index (χ1) is 4.57. The van der Waals surface area contributed by atoms with Gasteiger partial charge in [-0.25, -0.2) is 4.79 Å². The Balaban J connectivity index is 2.53. The summed E-state index contributed by atoms with van der Waals surface area (Å²) in [7, 11) is 0. The number of hydrogen-bond donors (Lipinski definition) is 3. The fourth-order valence-corrected chi connectivity index (χ4v) is 0.510. The first kappa shape index (κ1) is 6.97. The Morgan fingerprint density at radius 2 is 2.00 bits per heavy atom. The maximum atomic E-state index is 10.2. The molecule has 0 aromatic carbocycles. The van der Waals surface area contributed by atoms with Gasteiger partial charge in [0.2, 0.25) is 0 Å². The summed E-state index contributed by atoms with van der Waals surface area (Å²) < 4.78 is 0. The molecular formula is C4H5NO5. The standard InChI is InChI=1S/C4H5NO5/c6-2(7)1-4(3(8)9)5-10-4/h5H,1H2,(H,6,7)(H,8,9)/t4-/m1/s1. The minimum absolute atomic E-state index is 0.567. The van der Waals surface area contributed by atoms with E-state index < -0.39 is 24.1 Å². The molecule has 1 heterocycles. The lowest BCUT2D eigenvalue weighted by Gasteiger charge is -1.96. The maximum Gasteiger partial charge on any atom is 0.356 e. The molecule has 6 heteroatoms. The fourth-order valence-electron chi connectivity index (χ4n) is 0.510. The topological polar surface area (TPSA) is 109 Å². The molecule has 1 aliphatic rings. The number of rotatable bonds is 3. The average Bonchev–Trinajstić information content (AvgIpc) is 2.46. The van der Waals surface area contributed by atoms with Crippen molar-refractivity contribution in [3.63, 3.8) is 0 Å². The van der Waals surface area contributed by atoms with Crippen molar-refractivity contribution in [3.05, 3.63) is 0 Å². The summed E-state index contributed by atoms with van der Waals surface area (Å²) in [5.41, 5.74) is 0.337. The second-order valence-electron chi connectivity index (χ2n) is 1.91. The van der Waals surface area contributed by atoms with Crippen molar-refractivity contribution >= 4 is 11.9 Å². The molecule has 0 aromatic rings.